The highest BCUT2D eigenvalue weighted by Gasteiger charge is 2.31. The Labute approximate surface area is 211 Å². The fourth-order valence-corrected chi connectivity index (χ4v) is 7.90. The maximum atomic E-state index is 4.84. The van der Waals surface area contributed by atoms with Crippen molar-refractivity contribution in [3.05, 3.63) is 152 Å². The minimum Gasteiger partial charge on any atom is -0.149 e. The van der Waals surface area contributed by atoms with Crippen LogP contribution in [0, 0.1) is 0 Å². The molecular weight excluding hydrogens is 459 g/mol. The van der Waals surface area contributed by atoms with Crippen molar-refractivity contribution in [3.8, 4) is 0 Å². The van der Waals surface area contributed by atoms with Crippen molar-refractivity contribution >= 4 is 39.7 Å². The van der Waals surface area contributed by atoms with Crippen molar-refractivity contribution in [2.75, 3.05) is 0 Å². The summed E-state index contributed by atoms with van der Waals surface area (Å²) in [7, 11) is 0. The molecule has 0 atom stereocenters. The van der Waals surface area contributed by atoms with Gasteiger partial charge in [-0.05, 0) is 40.2 Å². The molecule has 5 aromatic rings. The van der Waals surface area contributed by atoms with E-state index in [1.165, 1.54) is 0 Å². The Morgan fingerprint density at radius 3 is 0.944 bits per heavy atom. The van der Waals surface area contributed by atoms with Gasteiger partial charge in [-0.2, -0.15) is 0 Å². The number of hydrogen-bond donors (Lipinski definition) is 0. The van der Waals surface area contributed by atoms with Crippen molar-refractivity contribution < 1.29 is 0 Å². The Morgan fingerprint density at radius 2 is 0.639 bits per heavy atom. The second-order valence-corrected chi connectivity index (χ2v) is 11.3. The third-order valence-electron chi connectivity index (χ3n) is 5.75. The largest absolute Gasteiger partial charge is 0.203 e. The molecule has 0 heterocycles. The van der Waals surface area contributed by atoms with Crippen molar-refractivity contribution in [2.45, 2.75) is 0 Å². The molecule has 36 heavy (non-hydrogen) atoms. The summed E-state index contributed by atoms with van der Waals surface area (Å²) >= 11 is 0. The molecule has 0 aliphatic rings. The van der Waals surface area contributed by atoms with E-state index in [2.05, 4.69) is 83.0 Å². The van der Waals surface area contributed by atoms with E-state index < -0.39 is 6.89 Å². The Hall–Kier alpha value is -4.40. The van der Waals surface area contributed by atoms with Gasteiger partial charge in [-0.15, -0.1) is 20.5 Å². The molecule has 0 radical (unpaired) electrons. The smallest absolute Gasteiger partial charge is 0.149 e. The highest BCUT2D eigenvalue weighted by molar-refractivity contribution is 7.95. The monoisotopic (exact) mass is 484 g/mol. The summed E-state index contributed by atoms with van der Waals surface area (Å²) in [4.78, 5) is 0. The van der Waals surface area contributed by atoms with Crippen molar-refractivity contribution in [3.63, 3.8) is 0 Å². The molecule has 0 bridgehead atoms. The van der Waals surface area contributed by atoms with E-state index >= 15 is 0 Å². The molecule has 0 unspecified atom stereocenters. The van der Waals surface area contributed by atoms with Crippen molar-refractivity contribution in [1.29, 1.82) is 0 Å². The lowest BCUT2D eigenvalue weighted by Crippen LogP contribution is -2.29. The van der Waals surface area contributed by atoms with Crippen LogP contribution in [0.4, 0.5) is 11.4 Å². The summed E-state index contributed by atoms with van der Waals surface area (Å²) in [6, 6.07) is 50.9. The van der Waals surface area contributed by atoms with E-state index in [1.54, 1.807) is 0 Å². The third kappa shape index (κ3) is 5.00. The molecule has 4 nitrogen and oxygen atoms in total. The number of azo groups is 2. The lowest BCUT2D eigenvalue weighted by Gasteiger charge is -2.28. The van der Waals surface area contributed by atoms with Crippen LogP contribution in [0.3, 0.4) is 0 Å². The van der Waals surface area contributed by atoms with Gasteiger partial charge < -0.3 is 0 Å². The van der Waals surface area contributed by atoms with Crippen LogP contribution in [0.5, 0.6) is 0 Å². The van der Waals surface area contributed by atoms with Crippen LogP contribution in [0.2, 0.25) is 0 Å². The zero-order chi connectivity index (χ0) is 24.5. The van der Waals surface area contributed by atoms with Gasteiger partial charge in [0.1, 0.15) is 0 Å². The maximum absolute atomic E-state index is 4.84. The quantitative estimate of drug-likeness (QED) is 0.168. The van der Waals surface area contributed by atoms with Crippen LogP contribution in [-0.2, 0) is 0 Å². The summed E-state index contributed by atoms with van der Waals surface area (Å²) < 4.78 is 0. The van der Waals surface area contributed by atoms with E-state index in [9.17, 15) is 0 Å². The van der Waals surface area contributed by atoms with Crippen LogP contribution in [0.25, 0.3) is 0 Å². The van der Waals surface area contributed by atoms with Gasteiger partial charge >= 0.3 is 0 Å². The molecule has 0 amide bonds. The normalized spacial score (nSPS) is 11.7. The first-order valence-electron chi connectivity index (χ1n) is 11.7. The Kier molecular flexibility index (Phi) is 7.36. The SMILES string of the molecule is c1ccc(N=NC(N=Nc2ccccc2)=P(c2ccccc2)(c2ccccc2)c2ccccc2)cc1. The molecule has 5 heteroatoms. The van der Waals surface area contributed by atoms with Crippen molar-refractivity contribution in [2.24, 2.45) is 20.5 Å². The van der Waals surface area contributed by atoms with Gasteiger partial charge in [0, 0.05) is 6.89 Å². The molecular formula is C31H25N4P. The molecule has 0 N–H and O–H groups in total. The molecule has 0 saturated carbocycles. The topological polar surface area (TPSA) is 49.4 Å². The predicted molar refractivity (Wildman–Crippen MR) is 152 cm³/mol. The molecule has 0 aliphatic heterocycles. The van der Waals surface area contributed by atoms with E-state index in [0.29, 0.717) is 5.54 Å². The van der Waals surface area contributed by atoms with Gasteiger partial charge in [-0.25, -0.2) is 0 Å². The minimum atomic E-state index is -2.54. The van der Waals surface area contributed by atoms with Crippen LogP contribution >= 0.6 is 6.89 Å². The number of hydrogen-bond acceptors (Lipinski definition) is 2. The fourth-order valence-electron chi connectivity index (χ4n) is 4.10. The maximum Gasteiger partial charge on any atom is 0.203 e. The number of rotatable bonds is 7. The van der Waals surface area contributed by atoms with Gasteiger partial charge in [0.15, 0.2) is 0 Å². The number of nitrogens with zero attached hydrogens (tertiary/aromatic N) is 4. The summed E-state index contributed by atoms with van der Waals surface area (Å²) in [5.41, 5.74) is 2.10. The van der Waals surface area contributed by atoms with E-state index in [-0.39, 0.29) is 0 Å². The second-order valence-electron chi connectivity index (χ2n) is 8.05. The van der Waals surface area contributed by atoms with E-state index in [1.807, 2.05) is 78.9 Å². The summed E-state index contributed by atoms with van der Waals surface area (Å²) in [6.07, 6.45) is 0. The van der Waals surface area contributed by atoms with Gasteiger partial charge in [0.25, 0.3) is 0 Å². The lowest BCUT2D eigenvalue weighted by atomic mass is 10.3. The average molecular weight is 485 g/mol. The van der Waals surface area contributed by atoms with Crippen molar-refractivity contribution in [1.82, 2.24) is 0 Å². The molecule has 0 aromatic heterocycles. The summed E-state index contributed by atoms with van der Waals surface area (Å²) in [5, 5.41) is 22.3. The minimum absolute atomic E-state index is 0.582. The zero-order valence-corrected chi connectivity index (χ0v) is 20.6. The lowest BCUT2D eigenvalue weighted by molar-refractivity contribution is 1.21. The Bertz CT molecular complexity index is 1350. The zero-order valence-electron chi connectivity index (χ0n) is 19.7. The van der Waals surface area contributed by atoms with Crippen LogP contribution < -0.4 is 15.9 Å². The van der Waals surface area contributed by atoms with Crippen LogP contribution in [-0.4, -0.2) is 5.54 Å². The van der Waals surface area contributed by atoms with Gasteiger partial charge in [-0.1, -0.05) is 127 Å². The molecule has 5 aromatic carbocycles. The van der Waals surface area contributed by atoms with Gasteiger partial charge in [0.2, 0.25) is 5.54 Å². The van der Waals surface area contributed by atoms with Crippen LogP contribution in [0.15, 0.2) is 172 Å². The standard InChI is InChI=1S/C31H25N4P/c1-6-16-26(17-7-1)32-34-31(35-33-27-18-8-2-9-19-27)36(28-20-10-3-11-21-28,29-22-12-4-13-23-29)30-24-14-5-15-25-30/h1-25H. The van der Waals surface area contributed by atoms with Gasteiger partial charge in [0.05, 0.1) is 11.4 Å². The van der Waals surface area contributed by atoms with E-state index in [4.69, 9.17) is 10.2 Å². The Balaban J connectivity index is 1.90. The molecule has 0 aliphatic carbocycles. The molecule has 0 saturated heterocycles. The predicted octanol–water partition coefficient (Wildman–Crippen LogP) is 7.64. The number of benzene rings is 5. The van der Waals surface area contributed by atoms with Gasteiger partial charge in [-0.3, -0.25) is 0 Å². The highest BCUT2D eigenvalue weighted by atomic mass is 31.2. The van der Waals surface area contributed by atoms with Crippen LogP contribution in [0.1, 0.15) is 0 Å². The molecule has 5 rings (SSSR count). The average Bonchev–Trinajstić information content (AvgIpc) is 2.97. The molecule has 0 fully saturated rings. The third-order valence-corrected chi connectivity index (χ3v) is 9.75. The Morgan fingerprint density at radius 1 is 0.361 bits per heavy atom. The van der Waals surface area contributed by atoms with E-state index in [0.717, 1.165) is 27.3 Å². The first-order chi connectivity index (χ1) is 17.9. The molecule has 0 spiro atoms. The first-order valence-corrected chi connectivity index (χ1v) is 13.5. The second kappa shape index (κ2) is 11.4. The first kappa shape index (κ1) is 23.3. The summed E-state index contributed by atoms with van der Waals surface area (Å²) in [5.74, 6) is 0. The summed E-state index contributed by atoms with van der Waals surface area (Å²) in [6.45, 7) is -2.54. The fraction of sp³-hybridized carbons (Fsp3) is 0. The highest BCUT2D eigenvalue weighted by Crippen LogP contribution is 2.47. The molecule has 174 valence electrons.